The number of hydrogen-bond donors (Lipinski definition) is 1. The molecule has 1 aliphatic heterocycles. The monoisotopic (exact) mass is 438 g/mol. The first kappa shape index (κ1) is 22.8. The summed E-state index contributed by atoms with van der Waals surface area (Å²) in [5.74, 6) is -0.931. The zero-order valence-electron chi connectivity index (χ0n) is 17.1. The van der Waals surface area contributed by atoms with E-state index in [-0.39, 0.29) is 0 Å². The van der Waals surface area contributed by atoms with Crippen molar-refractivity contribution in [2.24, 2.45) is 5.92 Å². The lowest BCUT2D eigenvalue weighted by molar-refractivity contribution is -0.153. The molecule has 2 aliphatic rings. The molecule has 31 heavy (non-hydrogen) atoms. The average molecular weight is 438 g/mol. The minimum atomic E-state index is -4.43. The largest absolute Gasteiger partial charge is 0.455 e. The van der Waals surface area contributed by atoms with Crippen LogP contribution in [0.1, 0.15) is 50.5 Å². The van der Waals surface area contributed by atoms with E-state index in [0.717, 1.165) is 31.5 Å². The second-order valence-electron chi connectivity index (χ2n) is 8.07. The van der Waals surface area contributed by atoms with Crippen LogP contribution in [0.2, 0.25) is 0 Å². The van der Waals surface area contributed by atoms with E-state index >= 15 is 0 Å². The van der Waals surface area contributed by atoms with Gasteiger partial charge in [0.05, 0.1) is 17.6 Å². The maximum Gasteiger partial charge on any atom is 0.417 e. The van der Waals surface area contributed by atoms with Crippen molar-refractivity contribution in [3.63, 3.8) is 0 Å². The first-order valence-corrected chi connectivity index (χ1v) is 10.4. The Morgan fingerprint density at radius 3 is 2.45 bits per heavy atom. The van der Waals surface area contributed by atoms with Crippen LogP contribution in [0, 0.1) is 17.2 Å². The van der Waals surface area contributed by atoms with Crippen molar-refractivity contribution in [3.8, 4) is 6.07 Å². The number of esters is 1. The maximum atomic E-state index is 12.7. The molecule has 1 aromatic rings. The van der Waals surface area contributed by atoms with Gasteiger partial charge in [-0.1, -0.05) is 19.3 Å². The van der Waals surface area contributed by atoms with Gasteiger partial charge in [0.2, 0.25) is 0 Å². The molecule has 168 valence electrons. The lowest BCUT2D eigenvalue weighted by Gasteiger charge is -2.32. The molecule has 7 nitrogen and oxygen atoms in total. The summed E-state index contributed by atoms with van der Waals surface area (Å²) in [4.78, 5) is 30.2. The van der Waals surface area contributed by atoms with E-state index in [2.05, 4.69) is 16.4 Å². The van der Waals surface area contributed by atoms with Gasteiger partial charge in [0.1, 0.15) is 11.4 Å². The number of alkyl halides is 3. The van der Waals surface area contributed by atoms with Crippen molar-refractivity contribution in [2.75, 3.05) is 24.6 Å². The highest BCUT2D eigenvalue weighted by atomic mass is 19.4. The molecule has 1 aliphatic carbocycles. The van der Waals surface area contributed by atoms with Crippen LogP contribution in [-0.2, 0) is 20.5 Å². The third kappa shape index (κ3) is 5.87. The zero-order chi connectivity index (χ0) is 22.5. The fourth-order valence-electron chi connectivity index (χ4n) is 4.06. The first-order chi connectivity index (χ1) is 14.7. The topological polar surface area (TPSA) is 95.3 Å². The van der Waals surface area contributed by atoms with E-state index in [1.807, 2.05) is 4.90 Å². The van der Waals surface area contributed by atoms with Gasteiger partial charge in [-0.15, -0.1) is 0 Å². The van der Waals surface area contributed by atoms with Gasteiger partial charge in [-0.05, 0) is 37.8 Å². The summed E-state index contributed by atoms with van der Waals surface area (Å²) in [5, 5.41) is 12.1. The summed E-state index contributed by atoms with van der Waals surface area (Å²) in [6.07, 6.45) is 1.25. The normalized spacial score (nSPS) is 19.4. The van der Waals surface area contributed by atoms with Crippen LogP contribution in [0.4, 0.5) is 19.0 Å². The van der Waals surface area contributed by atoms with Crippen molar-refractivity contribution in [1.82, 2.24) is 10.3 Å². The van der Waals surface area contributed by atoms with Gasteiger partial charge < -0.3 is 15.0 Å². The van der Waals surface area contributed by atoms with Gasteiger partial charge >= 0.3 is 12.1 Å². The second-order valence-corrected chi connectivity index (χ2v) is 8.07. The Hall–Kier alpha value is -2.83. The molecule has 3 rings (SSSR count). The van der Waals surface area contributed by atoms with Crippen molar-refractivity contribution in [2.45, 2.75) is 56.7 Å². The smallest absolute Gasteiger partial charge is 0.417 e. The van der Waals surface area contributed by atoms with Crippen LogP contribution in [0.5, 0.6) is 0 Å². The Morgan fingerprint density at radius 1 is 1.23 bits per heavy atom. The predicted molar refractivity (Wildman–Crippen MR) is 105 cm³/mol. The summed E-state index contributed by atoms with van der Waals surface area (Å²) < 4.78 is 43.1. The third-order valence-corrected chi connectivity index (χ3v) is 5.87. The summed E-state index contributed by atoms with van der Waals surface area (Å²) in [7, 11) is 0. The number of carbonyl (C=O) groups excluding carboxylic acids is 2. The molecule has 1 saturated carbocycles. The van der Waals surface area contributed by atoms with E-state index in [4.69, 9.17) is 4.74 Å². The molecule has 0 bridgehead atoms. The number of piperidine rings is 1. The lowest BCUT2D eigenvalue weighted by Crippen LogP contribution is -2.50. The first-order valence-electron chi connectivity index (χ1n) is 10.4. The van der Waals surface area contributed by atoms with Crippen LogP contribution in [-0.4, -0.2) is 42.1 Å². The Balaban J connectivity index is 1.44. The van der Waals surface area contributed by atoms with Gasteiger partial charge in [0.25, 0.3) is 5.91 Å². The average Bonchev–Trinajstić information content (AvgIpc) is 2.78. The molecule has 0 radical (unpaired) electrons. The van der Waals surface area contributed by atoms with Crippen LogP contribution >= 0.6 is 0 Å². The Bertz CT molecular complexity index is 822. The second kappa shape index (κ2) is 9.54. The summed E-state index contributed by atoms with van der Waals surface area (Å²) in [5.41, 5.74) is -1.68. The molecule has 1 N–H and O–H groups in total. The van der Waals surface area contributed by atoms with Gasteiger partial charge in [0.15, 0.2) is 6.61 Å². The number of rotatable bonds is 5. The number of carbonyl (C=O) groups is 2. The molecule has 1 aromatic heterocycles. The fraction of sp³-hybridized carbons (Fsp3) is 0.619. The number of hydrogen-bond acceptors (Lipinski definition) is 6. The van der Waals surface area contributed by atoms with Crippen LogP contribution in [0.15, 0.2) is 18.3 Å². The van der Waals surface area contributed by atoms with Crippen molar-refractivity contribution in [3.05, 3.63) is 23.9 Å². The fourth-order valence-corrected chi connectivity index (χ4v) is 4.06. The molecular formula is C21H25F3N4O3. The standard InChI is InChI=1S/C21H25F3N4O3/c22-21(23,24)16-4-5-17(26-12-16)28-10-6-15(7-11-28)19(30)31-13-18(29)27-20(14-25)8-2-1-3-9-20/h4-5,12,15H,1-3,6-11,13H2,(H,27,29). The SMILES string of the molecule is N#CC1(NC(=O)COC(=O)C2CCN(c3ccc(C(F)(F)F)cn3)CC2)CCCCC1. The number of pyridine rings is 1. The molecule has 2 heterocycles. The Kier molecular flexibility index (Phi) is 7.03. The maximum absolute atomic E-state index is 12.7. The zero-order valence-corrected chi connectivity index (χ0v) is 17.1. The van der Waals surface area contributed by atoms with E-state index in [1.54, 1.807) is 0 Å². The molecule has 0 spiro atoms. The number of nitrogens with one attached hydrogen (secondary N) is 1. The number of nitriles is 1. The highest BCUT2D eigenvalue weighted by Gasteiger charge is 2.34. The number of halogens is 3. The minimum absolute atomic E-state index is 0.391. The lowest BCUT2D eigenvalue weighted by atomic mass is 9.83. The van der Waals surface area contributed by atoms with Crippen molar-refractivity contribution >= 4 is 17.7 Å². The van der Waals surface area contributed by atoms with Gasteiger partial charge in [-0.25, -0.2) is 4.98 Å². The van der Waals surface area contributed by atoms with Crippen LogP contribution in [0.3, 0.4) is 0 Å². The summed E-state index contributed by atoms with van der Waals surface area (Å²) in [6.45, 7) is 0.465. The van der Waals surface area contributed by atoms with E-state index in [1.165, 1.54) is 6.07 Å². The van der Waals surface area contributed by atoms with Crippen molar-refractivity contribution < 1.29 is 27.5 Å². The van der Waals surface area contributed by atoms with E-state index in [0.29, 0.717) is 44.6 Å². The highest BCUT2D eigenvalue weighted by Crippen LogP contribution is 2.30. The van der Waals surface area contributed by atoms with Gasteiger partial charge in [0, 0.05) is 19.3 Å². The van der Waals surface area contributed by atoms with E-state index < -0.39 is 41.7 Å². The summed E-state index contributed by atoms with van der Waals surface area (Å²) >= 11 is 0. The quantitative estimate of drug-likeness (QED) is 0.710. The van der Waals surface area contributed by atoms with Gasteiger partial charge in [-0.2, -0.15) is 18.4 Å². The minimum Gasteiger partial charge on any atom is -0.455 e. The molecule has 0 atom stereocenters. The molecule has 0 unspecified atom stereocenters. The van der Waals surface area contributed by atoms with Gasteiger partial charge in [-0.3, -0.25) is 9.59 Å². The van der Waals surface area contributed by atoms with Crippen LogP contribution in [0.25, 0.3) is 0 Å². The Labute approximate surface area is 178 Å². The third-order valence-electron chi connectivity index (χ3n) is 5.87. The molecular weight excluding hydrogens is 413 g/mol. The molecule has 0 aromatic carbocycles. The highest BCUT2D eigenvalue weighted by molar-refractivity contribution is 5.82. The molecule has 1 amide bonds. The predicted octanol–water partition coefficient (Wildman–Crippen LogP) is 3.20. The molecule has 10 heteroatoms. The summed E-state index contributed by atoms with van der Waals surface area (Å²) in [6, 6.07) is 4.49. The van der Waals surface area contributed by atoms with Crippen molar-refractivity contribution in [1.29, 1.82) is 5.26 Å². The number of nitrogens with zero attached hydrogens (tertiary/aromatic N) is 3. The molecule has 1 saturated heterocycles. The number of amides is 1. The number of aromatic nitrogens is 1. The Morgan fingerprint density at radius 2 is 1.90 bits per heavy atom. The number of ether oxygens (including phenoxy) is 1. The van der Waals surface area contributed by atoms with E-state index in [9.17, 15) is 28.0 Å². The van der Waals surface area contributed by atoms with Crippen LogP contribution < -0.4 is 10.2 Å². The molecule has 2 fully saturated rings. The number of anilines is 1.